The fourth-order valence-electron chi connectivity index (χ4n) is 0.935. The predicted octanol–water partition coefficient (Wildman–Crippen LogP) is 2.07. The zero-order valence-corrected chi connectivity index (χ0v) is 7.53. The molecule has 1 aliphatic rings. The highest BCUT2D eigenvalue weighted by molar-refractivity contribution is 7.42. The Morgan fingerprint density at radius 1 is 1.08 bits per heavy atom. The van der Waals surface area contributed by atoms with Crippen molar-refractivity contribution in [1.29, 1.82) is 0 Å². The van der Waals surface area contributed by atoms with Crippen molar-refractivity contribution in [3.8, 4) is 5.75 Å². The fourth-order valence-corrected chi connectivity index (χ4v) is 1.97. The summed E-state index contributed by atoms with van der Waals surface area (Å²) in [6.07, 6.45) is 0. The van der Waals surface area contributed by atoms with Gasteiger partial charge in [0.2, 0.25) is 0 Å². The summed E-state index contributed by atoms with van der Waals surface area (Å²) in [5.41, 5.74) is 0. The van der Waals surface area contributed by atoms with E-state index in [1.54, 1.807) is 0 Å². The van der Waals surface area contributed by atoms with Crippen LogP contribution in [0.2, 0.25) is 0 Å². The summed E-state index contributed by atoms with van der Waals surface area (Å²) in [5, 5.41) is 0. The Balaban J connectivity index is 1.94. The maximum atomic E-state index is 5.43. The Hall–Kier alpha value is -0.630. The summed E-state index contributed by atoms with van der Waals surface area (Å²) in [4.78, 5) is 0. The summed E-state index contributed by atoms with van der Waals surface area (Å²) >= 11 is 0. The fraction of sp³-hybridized carbons (Fsp3) is 0.250. The summed E-state index contributed by atoms with van der Waals surface area (Å²) in [6, 6.07) is 9.57. The average molecular weight is 185 g/mol. The summed E-state index contributed by atoms with van der Waals surface area (Å²) < 4.78 is 15.9. The molecule has 1 aromatic rings. The Morgan fingerprint density at radius 2 is 1.75 bits per heavy atom. The number of para-hydroxylation sites is 1. The van der Waals surface area contributed by atoms with Crippen LogP contribution in [0.25, 0.3) is 0 Å². The van der Waals surface area contributed by atoms with Gasteiger partial charge in [-0.25, -0.2) is 0 Å². The molecule has 1 aromatic carbocycles. The molecule has 1 fully saturated rings. The molecule has 0 N–H and O–H groups in total. The van der Waals surface area contributed by atoms with Crippen LogP contribution < -0.4 is 4.52 Å². The molecule has 0 unspecified atom stereocenters. The first-order chi connectivity index (χ1) is 5.95. The third kappa shape index (κ3) is 1.95. The van der Waals surface area contributed by atoms with Gasteiger partial charge in [0.05, 0.1) is 0 Å². The summed E-state index contributed by atoms with van der Waals surface area (Å²) in [6.45, 7) is 1.31. The number of rotatable bonds is 2. The molecule has 1 heterocycles. The quantitative estimate of drug-likeness (QED) is 0.660. The lowest BCUT2D eigenvalue weighted by atomic mass is 10.3. The van der Waals surface area contributed by atoms with Crippen LogP contribution in [0.15, 0.2) is 30.3 Å². The van der Waals surface area contributed by atoms with E-state index in [4.69, 9.17) is 13.6 Å². The highest BCUT2D eigenvalue weighted by Crippen LogP contribution is 2.43. The van der Waals surface area contributed by atoms with Gasteiger partial charge in [0.1, 0.15) is 13.2 Å². The molecule has 0 radical (unpaired) electrons. The number of hydrogen-bond acceptors (Lipinski definition) is 3. The zero-order chi connectivity index (χ0) is 8.23. The third-order valence-corrected chi connectivity index (χ3v) is 2.75. The molecule has 0 amide bonds. The SMILES string of the molecule is c1ccc(O[PH+]2OCCO2)cc1. The Kier molecular flexibility index (Phi) is 2.57. The second-order valence-electron chi connectivity index (χ2n) is 2.36. The molecule has 12 heavy (non-hydrogen) atoms. The van der Waals surface area contributed by atoms with Gasteiger partial charge in [-0.3, -0.25) is 4.52 Å². The Morgan fingerprint density at radius 3 is 2.42 bits per heavy atom. The van der Waals surface area contributed by atoms with Crippen LogP contribution in [-0.2, 0) is 9.05 Å². The average Bonchev–Trinajstić information content (AvgIpc) is 2.59. The van der Waals surface area contributed by atoms with Crippen LogP contribution in [0.3, 0.4) is 0 Å². The standard InChI is InChI=1S/C8H10O3P/c1-2-4-8(5-3-1)11-12-9-6-7-10-12/h1-5,12H,6-7H2/q+1. The van der Waals surface area contributed by atoms with Crippen molar-refractivity contribution in [2.45, 2.75) is 0 Å². The molecule has 0 spiro atoms. The van der Waals surface area contributed by atoms with Crippen molar-refractivity contribution >= 4 is 8.60 Å². The smallest absolute Gasteiger partial charge is 0.289 e. The van der Waals surface area contributed by atoms with E-state index in [1.165, 1.54) is 0 Å². The van der Waals surface area contributed by atoms with E-state index in [9.17, 15) is 0 Å². The lowest BCUT2D eigenvalue weighted by Crippen LogP contribution is -1.85. The van der Waals surface area contributed by atoms with Gasteiger partial charge >= 0.3 is 8.60 Å². The molecular weight excluding hydrogens is 175 g/mol. The number of hydrogen-bond donors (Lipinski definition) is 0. The zero-order valence-electron chi connectivity index (χ0n) is 6.53. The third-order valence-electron chi connectivity index (χ3n) is 1.47. The normalized spacial score (nSPS) is 18.0. The molecule has 4 heteroatoms. The minimum atomic E-state index is -1.46. The molecule has 0 saturated carbocycles. The molecule has 0 bridgehead atoms. The van der Waals surface area contributed by atoms with Crippen LogP contribution in [0, 0.1) is 0 Å². The maximum absolute atomic E-state index is 5.43. The van der Waals surface area contributed by atoms with Gasteiger partial charge < -0.3 is 0 Å². The van der Waals surface area contributed by atoms with Gasteiger partial charge in [-0.05, 0) is 12.1 Å². The summed E-state index contributed by atoms with van der Waals surface area (Å²) in [5.74, 6) is 0.813. The van der Waals surface area contributed by atoms with E-state index in [0.717, 1.165) is 5.75 Å². The maximum Gasteiger partial charge on any atom is 0.444 e. The largest absolute Gasteiger partial charge is 0.444 e. The van der Waals surface area contributed by atoms with Crippen LogP contribution in [0.4, 0.5) is 0 Å². The molecule has 2 rings (SSSR count). The topological polar surface area (TPSA) is 27.7 Å². The molecular formula is C8H10O3P+. The first kappa shape index (κ1) is 7.99. The van der Waals surface area contributed by atoms with Crippen molar-refractivity contribution in [2.75, 3.05) is 13.2 Å². The first-order valence-electron chi connectivity index (χ1n) is 3.80. The number of benzene rings is 1. The molecule has 0 aromatic heterocycles. The monoisotopic (exact) mass is 185 g/mol. The van der Waals surface area contributed by atoms with Crippen molar-refractivity contribution in [3.63, 3.8) is 0 Å². The minimum Gasteiger partial charge on any atom is -0.289 e. The van der Waals surface area contributed by atoms with Crippen LogP contribution in [0.5, 0.6) is 5.75 Å². The molecule has 3 nitrogen and oxygen atoms in total. The summed E-state index contributed by atoms with van der Waals surface area (Å²) in [7, 11) is -1.46. The molecule has 0 aliphatic carbocycles. The first-order valence-corrected chi connectivity index (χ1v) is 5.03. The highest BCUT2D eigenvalue weighted by atomic mass is 31.2. The van der Waals surface area contributed by atoms with E-state index < -0.39 is 8.60 Å². The van der Waals surface area contributed by atoms with Crippen molar-refractivity contribution in [3.05, 3.63) is 30.3 Å². The Labute approximate surface area is 72.3 Å². The van der Waals surface area contributed by atoms with Gasteiger partial charge in [-0.15, -0.1) is 0 Å². The van der Waals surface area contributed by atoms with Crippen LogP contribution >= 0.6 is 8.60 Å². The lowest BCUT2D eigenvalue weighted by Gasteiger charge is -1.99. The van der Waals surface area contributed by atoms with Gasteiger partial charge in [-0.1, -0.05) is 18.2 Å². The van der Waals surface area contributed by atoms with Gasteiger partial charge in [0.25, 0.3) is 0 Å². The molecule has 0 atom stereocenters. The second kappa shape index (κ2) is 3.85. The highest BCUT2D eigenvalue weighted by Gasteiger charge is 2.27. The van der Waals surface area contributed by atoms with Crippen molar-refractivity contribution in [2.24, 2.45) is 0 Å². The minimum absolute atomic E-state index is 0.654. The molecule has 64 valence electrons. The van der Waals surface area contributed by atoms with E-state index in [-0.39, 0.29) is 0 Å². The van der Waals surface area contributed by atoms with Gasteiger partial charge in [0.15, 0.2) is 5.75 Å². The second-order valence-corrected chi connectivity index (χ2v) is 3.64. The molecule has 1 aliphatic heterocycles. The van der Waals surface area contributed by atoms with E-state index in [1.807, 2.05) is 30.3 Å². The lowest BCUT2D eigenvalue weighted by molar-refractivity contribution is 0.353. The van der Waals surface area contributed by atoms with E-state index >= 15 is 0 Å². The van der Waals surface area contributed by atoms with Crippen molar-refractivity contribution < 1.29 is 13.6 Å². The van der Waals surface area contributed by atoms with E-state index in [2.05, 4.69) is 0 Å². The predicted molar refractivity (Wildman–Crippen MR) is 47.3 cm³/mol. The van der Waals surface area contributed by atoms with Gasteiger partial charge in [-0.2, -0.15) is 9.05 Å². The molecule has 1 saturated heterocycles. The van der Waals surface area contributed by atoms with Crippen LogP contribution in [0.1, 0.15) is 0 Å². The van der Waals surface area contributed by atoms with Gasteiger partial charge in [0, 0.05) is 0 Å². The Bertz CT molecular complexity index is 233. The van der Waals surface area contributed by atoms with Crippen LogP contribution in [-0.4, -0.2) is 13.2 Å². The van der Waals surface area contributed by atoms with E-state index in [0.29, 0.717) is 13.2 Å². The van der Waals surface area contributed by atoms with Crippen molar-refractivity contribution in [1.82, 2.24) is 0 Å².